The van der Waals surface area contributed by atoms with Crippen LogP contribution in [0, 0.1) is 0 Å². The van der Waals surface area contributed by atoms with Crippen LogP contribution in [-0.2, 0) is 18.3 Å². The number of nitrogens with one attached hydrogen (secondary N) is 1. The van der Waals surface area contributed by atoms with Crippen LogP contribution in [0.4, 0.5) is 0 Å². The average Bonchev–Trinajstić information content (AvgIpc) is 2.64. The van der Waals surface area contributed by atoms with Crippen LogP contribution in [0.5, 0.6) is 0 Å². The minimum atomic E-state index is -0.117. The highest BCUT2D eigenvalue weighted by atomic mass is 35.5. The summed E-state index contributed by atoms with van der Waals surface area (Å²) in [6.07, 6.45) is 0.659. The fourth-order valence-electron chi connectivity index (χ4n) is 2.86. The van der Waals surface area contributed by atoms with Gasteiger partial charge in [0.15, 0.2) is 0 Å². The van der Waals surface area contributed by atoms with Gasteiger partial charge in [-0.2, -0.15) is 0 Å². The lowest BCUT2D eigenvalue weighted by Gasteiger charge is -2.15. The molecule has 26 heavy (non-hydrogen) atoms. The fraction of sp³-hybridized carbons (Fsp3) is 0.250. The third-order valence-corrected chi connectivity index (χ3v) is 4.65. The highest BCUT2D eigenvalue weighted by molar-refractivity contribution is 6.30. The molecule has 3 rings (SSSR count). The van der Waals surface area contributed by atoms with Crippen LogP contribution in [0.25, 0.3) is 10.9 Å². The van der Waals surface area contributed by atoms with E-state index in [1.807, 2.05) is 37.3 Å². The summed E-state index contributed by atoms with van der Waals surface area (Å²) in [7, 11) is 1.69. The van der Waals surface area contributed by atoms with E-state index >= 15 is 0 Å². The molecular formula is C20H20ClN3O2. The summed E-state index contributed by atoms with van der Waals surface area (Å²) in [6, 6.07) is 14.5. The molecule has 6 heteroatoms. The van der Waals surface area contributed by atoms with Crippen molar-refractivity contribution >= 4 is 28.4 Å². The van der Waals surface area contributed by atoms with Gasteiger partial charge in [-0.25, -0.2) is 4.98 Å². The molecule has 0 bridgehead atoms. The van der Waals surface area contributed by atoms with Gasteiger partial charge in [-0.15, -0.1) is 0 Å². The SMILES string of the molecule is C[C@H](NC(=O)CCc1nc2ccccc2c(=O)n1C)c1ccc(Cl)cc1. The number of fused-ring (bicyclic) bond motifs is 1. The molecule has 0 aliphatic rings. The first-order valence-electron chi connectivity index (χ1n) is 8.45. The number of rotatable bonds is 5. The highest BCUT2D eigenvalue weighted by Gasteiger charge is 2.12. The lowest BCUT2D eigenvalue weighted by molar-refractivity contribution is -0.121. The van der Waals surface area contributed by atoms with Gasteiger partial charge < -0.3 is 5.32 Å². The van der Waals surface area contributed by atoms with Crippen molar-refractivity contribution in [2.24, 2.45) is 7.05 Å². The Labute approximate surface area is 156 Å². The lowest BCUT2D eigenvalue weighted by Crippen LogP contribution is -2.28. The van der Waals surface area contributed by atoms with Crippen molar-refractivity contribution in [1.82, 2.24) is 14.9 Å². The maximum atomic E-state index is 12.4. The summed E-state index contributed by atoms with van der Waals surface area (Å²) in [6.45, 7) is 1.92. The van der Waals surface area contributed by atoms with Gasteiger partial charge in [0, 0.05) is 24.9 Å². The van der Waals surface area contributed by atoms with Crippen molar-refractivity contribution in [2.75, 3.05) is 0 Å². The second kappa shape index (κ2) is 7.70. The Bertz CT molecular complexity index is 996. The first kappa shape index (κ1) is 18.1. The average molecular weight is 370 g/mol. The number of aromatic nitrogens is 2. The maximum Gasteiger partial charge on any atom is 0.261 e. The Balaban J connectivity index is 1.68. The number of benzene rings is 2. The summed E-state index contributed by atoms with van der Waals surface area (Å²) in [4.78, 5) is 29.2. The monoisotopic (exact) mass is 369 g/mol. The molecule has 1 heterocycles. The molecule has 0 aliphatic heterocycles. The Hall–Kier alpha value is -2.66. The number of hydrogen-bond donors (Lipinski definition) is 1. The van der Waals surface area contributed by atoms with Gasteiger partial charge in [0.2, 0.25) is 5.91 Å². The molecule has 134 valence electrons. The smallest absolute Gasteiger partial charge is 0.261 e. The van der Waals surface area contributed by atoms with Crippen LogP contribution in [0.2, 0.25) is 5.02 Å². The predicted molar refractivity (Wildman–Crippen MR) is 103 cm³/mol. The van der Waals surface area contributed by atoms with Crippen molar-refractivity contribution in [1.29, 1.82) is 0 Å². The molecule has 0 saturated carbocycles. The van der Waals surface area contributed by atoms with Crippen LogP contribution in [0.3, 0.4) is 0 Å². The molecule has 5 nitrogen and oxygen atoms in total. The topological polar surface area (TPSA) is 64.0 Å². The number of carbonyl (C=O) groups excluding carboxylic acids is 1. The largest absolute Gasteiger partial charge is 0.350 e. The Kier molecular flexibility index (Phi) is 5.38. The molecule has 1 aromatic heterocycles. The quantitative estimate of drug-likeness (QED) is 0.749. The molecule has 2 aromatic carbocycles. The van der Waals surface area contributed by atoms with Crippen molar-refractivity contribution in [3.63, 3.8) is 0 Å². The molecule has 0 radical (unpaired) electrons. The third-order valence-electron chi connectivity index (χ3n) is 4.40. The lowest BCUT2D eigenvalue weighted by atomic mass is 10.1. The second-order valence-electron chi connectivity index (χ2n) is 6.25. The van der Waals surface area contributed by atoms with E-state index in [4.69, 9.17) is 11.6 Å². The number of nitrogens with zero attached hydrogens (tertiary/aromatic N) is 2. The van der Waals surface area contributed by atoms with Gasteiger partial charge in [-0.3, -0.25) is 14.2 Å². The third kappa shape index (κ3) is 3.94. The Morgan fingerprint density at radius 3 is 2.62 bits per heavy atom. The molecule has 0 fully saturated rings. The van der Waals surface area contributed by atoms with E-state index in [0.717, 1.165) is 5.56 Å². The molecule has 1 N–H and O–H groups in total. The molecule has 1 atom stereocenters. The van der Waals surface area contributed by atoms with E-state index in [1.54, 1.807) is 25.2 Å². The minimum absolute atomic E-state index is 0.0881. The van der Waals surface area contributed by atoms with Gasteiger partial charge >= 0.3 is 0 Å². The zero-order valence-corrected chi connectivity index (χ0v) is 15.5. The number of amides is 1. The van der Waals surface area contributed by atoms with Gasteiger partial charge in [0.1, 0.15) is 5.82 Å². The van der Waals surface area contributed by atoms with Crippen LogP contribution < -0.4 is 10.9 Å². The van der Waals surface area contributed by atoms with Crippen LogP contribution in [0.15, 0.2) is 53.3 Å². The summed E-state index contributed by atoms with van der Waals surface area (Å²) in [5.41, 5.74) is 1.54. The van der Waals surface area contributed by atoms with E-state index in [1.165, 1.54) is 4.57 Å². The molecule has 1 amide bonds. The van der Waals surface area contributed by atoms with E-state index in [-0.39, 0.29) is 23.9 Å². The normalized spacial score (nSPS) is 12.1. The number of aryl methyl sites for hydroxylation is 1. The fourth-order valence-corrected chi connectivity index (χ4v) is 2.99. The van der Waals surface area contributed by atoms with Gasteiger partial charge in [0.05, 0.1) is 16.9 Å². The van der Waals surface area contributed by atoms with Crippen molar-refractivity contribution in [2.45, 2.75) is 25.8 Å². The van der Waals surface area contributed by atoms with Crippen molar-refractivity contribution < 1.29 is 4.79 Å². The van der Waals surface area contributed by atoms with E-state index < -0.39 is 0 Å². The maximum absolute atomic E-state index is 12.4. The molecule has 0 aliphatic carbocycles. The van der Waals surface area contributed by atoms with Crippen molar-refractivity contribution in [3.8, 4) is 0 Å². The molecule has 0 spiro atoms. The number of hydrogen-bond acceptors (Lipinski definition) is 3. The van der Waals surface area contributed by atoms with Crippen molar-refractivity contribution in [3.05, 3.63) is 75.3 Å². The highest BCUT2D eigenvalue weighted by Crippen LogP contribution is 2.16. The minimum Gasteiger partial charge on any atom is -0.350 e. The summed E-state index contributed by atoms with van der Waals surface area (Å²) < 4.78 is 1.51. The molecular weight excluding hydrogens is 350 g/mol. The predicted octanol–water partition coefficient (Wildman–Crippen LogP) is 3.40. The Morgan fingerprint density at radius 2 is 1.88 bits per heavy atom. The summed E-state index contributed by atoms with van der Waals surface area (Å²) in [5, 5.41) is 4.21. The van der Waals surface area contributed by atoms with Crippen LogP contribution in [-0.4, -0.2) is 15.5 Å². The van der Waals surface area contributed by atoms with E-state index in [2.05, 4.69) is 10.3 Å². The number of halogens is 1. The zero-order valence-electron chi connectivity index (χ0n) is 14.7. The summed E-state index contributed by atoms with van der Waals surface area (Å²) in [5.74, 6) is 0.512. The van der Waals surface area contributed by atoms with E-state index in [9.17, 15) is 9.59 Å². The summed E-state index contributed by atoms with van der Waals surface area (Å²) >= 11 is 5.89. The number of para-hydroxylation sites is 1. The first-order valence-corrected chi connectivity index (χ1v) is 8.83. The van der Waals surface area contributed by atoms with Crippen LogP contribution >= 0.6 is 11.6 Å². The van der Waals surface area contributed by atoms with Gasteiger partial charge in [0.25, 0.3) is 5.56 Å². The molecule has 0 saturated heterocycles. The van der Waals surface area contributed by atoms with E-state index in [0.29, 0.717) is 28.2 Å². The first-order chi connectivity index (χ1) is 12.5. The van der Waals surface area contributed by atoms with Gasteiger partial charge in [-0.1, -0.05) is 35.9 Å². The molecule has 0 unspecified atom stereocenters. The standard InChI is InChI=1S/C20H20ClN3O2/c1-13(14-7-9-15(21)10-8-14)22-19(25)12-11-18-23-17-6-4-3-5-16(17)20(26)24(18)2/h3-10,13H,11-12H2,1-2H3,(H,22,25)/t13-/m0/s1. The van der Waals surface area contributed by atoms with Crippen LogP contribution in [0.1, 0.15) is 30.8 Å². The number of carbonyl (C=O) groups is 1. The zero-order chi connectivity index (χ0) is 18.7. The Morgan fingerprint density at radius 1 is 1.19 bits per heavy atom. The molecule has 3 aromatic rings. The van der Waals surface area contributed by atoms with Gasteiger partial charge in [-0.05, 0) is 36.8 Å². The second-order valence-corrected chi connectivity index (χ2v) is 6.69.